The van der Waals surface area contributed by atoms with Gasteiger partial charge in [-0.3, -0.25) is 0 Å². The number of rotatable bonds is 2. The fraction of sp³-hybridized carbons (Fsp3) is 0.273. The summed E-state index contributed by atoms with van der Waals surface area (Å²) in [6.07, 6.45) is 0.655. The second kappa shape index (κ2) is 5.30. The van der Waals surface area contributed by atoms with Crippen molar-refractivity contribution >= 4 is 37.7 Å². The maximum atomic E-state index is 12.1. The summed E-state index contributed by atoms with van der Waals surface area (Å²) in [5.41, 5.74) is 0.799. The van der Waals surface area contributed by atoms with Gasteiger partial charge in [-0.25, -0.2) is 22.9 Å². The molecule has 0 saturated carbocycles. The number of carbonyl (C=O) groups is 1. The standard InChI is InChI=1S/C11H12BrN3O3S/c1-8-6-7-15(13-8)11(16)14-19(17,18)10-5-3-2-4-9(10)12/h2-5H,6-7H2,1H3,(H,14,16). The normalized spacial score (nSPS) is 15.3. The van der Waals surface area contributed by atoms with Crippen LogP contribution in [0.1, 0.15) is 13.3 Å². The van der Waals surface area contributed by atoms with Crippen molar-refractivity contribution in [3.63, 3.8) is 0 Å². The summed E-state index contributed by atoms with van der Waals surface area (Å²) >= 11 is 3.14. The van der Waals surface area contributed by atoms with Gasteiger partial charge < -0.3 is 0 Å². The fourth-order valence-corrected chi connectivity index (χ4v) is 3.56. The lowest BCUT2D eigenvalue weighted by molar-refractivity contribution is 0.211. The lowest BCUT2D eigenvalue weighted by atomic mass is 10.3. The van der Waals surface area contributed by atoms with E-state index in [9.17, 15) is 13.2 Å². The third-order valence-corrected chi connectivity index (χ3v) is 4.89. The summed E-state index contributed by atoms with van der Waals surface area (Å²) in [6, 6.07) is 5.55. The van der Waals surface area contributed by atoms with Gasteiger partial charge in [-0.05, 0) is 35.0 Å². The minimum absolute atomic E-state index is 0.0169. The first-order valence-electron chi connectivity index (χ1n) is 5.53. The van der Waals surface area contributed by atoms with E-state index in [0.717, 1.165) is 10.7 Å². The maximum absolute atomic E-state index is 12.1. The Hall–Kier alpha value is -1.41. The topological polar surface area (TPSA) is 78.8 Å². The van der Waals surface area contributed by atoms with Crippen LogP contribution < -0.4 is 4.72 Å². The van der Waals surface area contributed by atoms with Crippen molar-refractivity contribution in [1.29, 1.82) is 0 Å². The van der Waals surface area contributed by atoms with E-state index in [1.807, 2.05) is 4.72 Å². The highest BCUT2D eigenvalue weighted by Gasteiger charge is 2.25. The van der Waals surface area contributed by atoms with Crippen LogP contribution in [0.4, 0.5) is 4.79 Å². The summed E-state index contributed by atoms with van der Waals surface area (Å²) < 4.78 is 26.5. The molecule has 1 heterocycles. The van der Waals surface area contributed by atoms with Gasteiger partial charge in [-0.15, -0.1) is 0 Å². The second-order valence-electron chi connectivity index (χ2n) is 4.05. The summed E-state index contributed by atoms with van der Waals surface area (Å²) in [5, 5.41) is 5.07. The van der Waals surface area contributed by atoms with Crippen molar-refractivity contribution in [2.24, 2.45) is 5.10 Å². The molecule has 0 spiro atoms. The Morgan fingerprint density at radius 1 is 1.42 bits per heavy atom. The Labute approximate surface area is 119 Å². The average molecular weight is 346 g/mol. The number of hydrazone groups is 1. The number of nitrogens with zero attached hydrogens (tertiary/aromatic N) is 2. The molecule has 6 nitrogen and oxygen atoms in total. The molecule has 0 fully saturated rings. The molecule has 0 saturated heterocycles. The molecule has 0 aliphatic carbocycles. The van der Waals surface area contributed by atoms with Crippen LogP contribution >= 0.6 is 15.9 Å². The van der Waals surface area contributed by atoms with Gasteiger partial charge >= 0.3 is 6.03 Å². The lowest BCUT2D eigenvalue weighted by Crippen LogP contribution is -2.39. The summed E-state index contributed by atoms with van der Waals surface area (Å²) in [4.78, 5) is 11.8. The Kier molecular flexibility index (Phi) is 3.91. The van der Waals surface area contributed by atoms with Crippen molar-refractivity contribution in [2.75, 3.05) is 6.54 Å². The molecule has 8 heteroatoms. The molecule has 2 rings (SSSR count). The van der Waals surface area contributed by atoms with Crippen LogP contribution in [0.2, 0.25) is 0 Å². The van der Waals surface area contributed by atoms with Gasteiger partial charge in [-0.2, -0.15) is 5.10 Å². The fourth-order valence-electron chi connectivity index (χ4n) is 1.61. The van der Waals surface area contributed by atoms with E-state index < -0.39 is 16.1 Å². The van der Waals surface area contributed by atoms with Crippen LogP contribution in [0.15, 0.2) is 38.7 Å². The minimum atomic E-state index is -3.90. The van der Waals surface area contributed by atoms with E-state index >= 15 is 0 Å². The van der Waals surface area contributed by atoms with Gasteiger partial charge in [0.25, 0.3) is 10.0 Å². The zero-order valence-electron chi connectivity index (χ0n) is 10.1. The number of halogens is 1. The van der Waals surface area contributed by atoms with E-state index in [0.29, 0.717) is 17.4 Å². The van der Waals surface area contributed by atoms with Crippen molar-refractivity contribution in [3.05, 3.63) is 28.7 Å². The minimum Gasteiger partial charge on any atom is -0.246 e. The third-order valence-electron chi connectivity index (χ3n) is 2.56. The molecule has 0 aromatic heterocycles. The number of hydrogen-bond acceptors (Lipinski definition) is 4. The quantitative estimate of drug-likeness (QED) is 0.889. The number of sulfonamides is 1. The SMILES string of the molecule is CC1=NN(C(=O)NS(=O)(=O)c2ccccc2Br)CC1. The molecule has 0 radical (unpaired) electrons. The number of carbonyl (C=O) groups excluding carboxylic acids is 1. The number of nitrogens with one attached hydrogen (secondary N) is 1. The van der Waals surface area contributed by atoms with E-state index in [2.05, 4.69) is 21.0 Å². The first-order chi connectivity index (χ1) is 8.90. The molecular formula is C11H12BrN3O3S. The molecule has 1 aromatic carbocycles. The highest BCUT2D eigenvalue weighted by molar-refractivity contribution is 9.10. The molecule has 0 atom stereocenters. The van der Waals surface area contributed by atoms with Crippen molar-refractivity contribution in [1.82, 2.24) is 9.73 Å². The van der Waals surface area contributed by atoms with Gasteiger partial charge in [0.05, 0.1) is 6.54 Å². The predicted molar refractivity (Wildman–Crippen MR) is 74.3 cm³/mol. The number of urea groups is 1. The number of amides is 2. The zero-order chi connectivity index (χ0) is 14.0. The molecule has 102 valence electrons. The molecule has 1 aliphatic rings. The highest BCUT2D eigenvalue weighted by atomic mass is 79.9. The molecular weight excluding hydrogens is 334 g/mol. The first kappa shape index (κ1) is 14.0. The van der Waals surface area contributed by atoms with Crippen molar-refractivity contribution in [3.8, 4) is 0 Å². The first-order valence-corrected chi connectivity index (χ1v) is 7.81. The van der Waals surface area contributed by atoms with Gasteiger partial charge in [0.2, 0.25) is 0 Å². The van der Waals surface area contributed by atoms with Crippen molar-refractivity contribution in [2.45, 2.75) is 18.2 Å². The molecule has 1 aliphatic heterocycles. The summed E-state index contributed by atoms with van der Waals surface area (Å²) in [6.45, 7) is 2.18. The Morgan fingerprint density at radius 2 is 2.11 bits per heavy atom. The molecule has 1 aromatic rings. The molecule has 0 unspecified atom stereocenters. The van der Waals surface area contributed by atoms with E-state index in [1.54, 1.807) is 25.1 Å². The Balaban J connectivity index is 2.19. The average Bonchev–Trinajstić information content (AvgIpc) is 2.76. The molecule has 1 N–H and O–H groups in total. The summed E-state index contributed by atoms with van der Waals surface area (Å²) in [5.74, 6) is 0. The number of hydrogen-bond donors (Lipinski definition) is 1. The predicted octanol–water partition coefficient (Wildman–Crippen LogP) is 1.93. The van der Waals surface area contributed by atoms with Gasteiger partial charge in [0.1, 0.15) is 4.90 Å². The van der Waals surface area contributed by atoms with Crippen LogP contribution in [0.5, 0.6) is 0 Å². The molecule has 19 heavy (non-hydrogen) atoms. The van der Waals surface area contributed by atoms with Crippen molar-refractivity contribution < 1.29 is 13.2 Å². The lowest BCUT2D eigenvalue weighted by Gasteiger charge is -2.13. The zero-order valence-corrected chi connectivity index (χ0v) is 12.5. The smallest absolute Gasteiger partial charge is 0.246 e. The molecule has 2 amide bonds. The van der Waals surface area contributed by atoms with Crippen LogP contribution in [-0.2, 0) is 10.0 Å². The Bertz CT molecular complexity index is 642. The Morgan fingerprint density at radius 3 is 2.68 bits per heavy atom. The van der Waals surface area contributed by atoms with E-state index in [1.165, 1.54) is 6.07 Å². The third kappa shape index (κ3) is 3.13. The monoisotopic (exact) mass is 345 g/mol. The van der Waals surface area contributed by atoms with Crippen LogP contribution in [0.25, 0.3) is 0 Å². The van der Waals surface area contributed by atoms with Gasteiger partial charge in [-0.1, -0.05) is 12.1 Å². The summed E-state index contributed by atoms with van der Waals surface area (Å²) in [7, 11) is -3.90. The second-order valence-corrected chi connectivity index (χ2v) is 6.55. The number of benzene rings is 1. The van der Waals surface area contributed by atoms with Crippen LogP contribution in [0.3, 0.4) is 0 Å². The van der Waals surface area contributed by atoms with Crippen LogP contribution in [0, 0.1) is 0 Å². The van der Waals surface area contributed by atoms with E-state index in [4.69, 9.17) is 0 Å². The highest BCUT2D eigenvalue weighted by Crippen LogP contribution is 2.21. The van der Waals surface area contributed by atoms with Gasteiger partial charge in [0, 0.05) is 16.6 Å². The van der Waals surface area contributed by atoms with Crippen LogP contribution in [-0.4, -0.2) is 31.7 Å². The maximum Gasteiger partial charge on any atom is 0.351 e. The van der Waals surface area contributed by atoms with E-state index in [-0.39, 0.29) is 4.90 Å². The molecule has 0 bridgehead atoms. The largest absolute Gasteiger partial charge is 0.351 e. The van der Waals surface area contributed by atoms with Gasteiger partial charge in [0.15, 0.2) is 0 Å².